The van der Waals surface area contributed by atoms with Crippen LogP contribution in [-0.4, -0.2) is 99.9 Å². The number of carboxylic acids is 1. The number of hydrogen-bond donors (Lipinski definition) is 1. The quantitative estimate of drug-likeness (QED) is 0.0414. The number of benzene rings is 4. The maximum atomic E-state index is 13.5. The van der Waals surface area contributed by atoms with Crippen molar-refractivity contribution in [1.82, 2.24) is 18.3 Å². The first kappa shape index (κ1) is 99.8. The summed E-state index contributed by atoms with van der Waals surface area (Å²) in [5.41, 5.74) is 10.2. The van der Waals surface area contributed by atoms with Gasteiger partial charge in [0.1, 0.15) is 16.7 Å². The summed E-state index contributed by atoms with van der Waals surface area (Å²) in [6.45, 7) is 23.3. The monoisotopic (exact) mass is 2220 g/mol. The van der Waals surface area contributed by atoms with E-state index in [1.807, 2.05) is 105 Å². The summed E-state index contributed by atoms with van der Waals surface area (Å²) in [7, 11) is 5.63. The van der Waals surface area contributed by atoms with Gasteiger partial charge in [0.05, 0.1) is 32.5 Å². The van der Waals surface area contributed by atoms with Crippen LogP contribution >= 0.6 is 147 Å². The van der Waals surface area contributed by atoms with Crippen LogP contribution in [0, 0.1) is 0 Å². The second-order valence-corrected chi connectivity index (χ2v) is 51.4. The molecule has 8 aromatic rings. The third-order valence-corrected chi connectivity index (χ3v) is 22.8. The van der Waals surface area contributed by atoms with Crippen LogP contribution in [0.3, 0.4) is 0 Å². The molecule has 1 aliphatic heterocycles. The Morgan fingerprint density at radius 2 is 1.11 bits per heavy atom. The molecule has 29 heteroatoms. The predicted molar refractivity (Wildman–Crippen MR) is 494 cm³/mol. The Balaban J connectivity index is 0.000000485. The van der Waals surface area contributed by atoms with E-state index in [-0.39, 0.29) is 67.9 Å². The number of carbonyl (C=O) groups is 2. The van der Waals surface area contributed by atoms with Crippen LogP contribution < -0.4 is 27.0 Å². The molecular weight excluding hydrogens is 2130 g/mol. The number of carboxylic acid groups (broad SMARTS) is 1. The third-order valence-electron chi connectivity index (χ3n) is 15.9. The number of alkyl halides is 3. The predicted octanol–water partition coefficient (Wildman–Crippen LogP) is 19.6. The van der Waals surface area contributed by atoms with Gasteiger partial charge < -0.3 is 28.1 Å². The molecule has 6 atom stereocenters. The molecule has 6 unspecified atom stereocenters. The molecule has 5 heterocycles. The summed E-state index contributed by atoms with van der Waals surface area (Å²) in [4.78, 5) is 79.9. The summed E-state index contributed by atoms with van der Waals surface area (Å²) < 4.78 is 53.1. The van der Waals surface area contributed by atoms with Gasteiger partial charge in [-0.2, -0.15) is 4.40 Å². The second kappa shape index (κ2) is 47.4. The number of hydrogen-bond acceptors (Lipinski definition) is 11. The first-order chi connectivity index (χ1) is 49.5. The molecule has 0 fully saturated rings. The number of nitrogens with zero attached hydrogens (tertiary/aromatic N) is 6. The van der Waals surface area contributed by atoms with Crippen LogP contribution in [0.25, 0.3) is 22.3 Å². The van der Waals surface area contributed by atoms with E-state index < -0.39 is 44.6 Å². The molecule has 17 nitrogen and oxygen atoms in total. The Morgan fingerprint density at radius 3 is 1.60 bits per heavy atom. The molecule has 0 bridgehead atoms. The van der Waals surface area contributed by atoms with E-state index in [9.17, 15) is 46.5 Å². The number of aliphatic carboxylic acids is 1. The standard InChI is InChI=1S/C27H30ClNO4S.C24H21ClN2O3.C13H20BrNO2S.C11H16N2O2S.CH2I2.CH3I.CH4.2HI.V/c1-17(16-34(32)27(2,3)4)22-14-25(30)29(5)15-24(22)21-12-11-20(33-6)13-23(21)26(31)18-7-9-19(28)10-8-18;1-3-14-4-9-17-19(10-14)24(15-5-7-16(25)8-6-15)26-21(12-23(29)30)18-11-22(28)27(2)13-20(17)18;1-9(8-18(17)13(2,3)4)10-6-12(16)15(5)7-11(10)14;1-11(2,3)16(15)12-8-9-5-6-13(4)10(14)7-9;2-1-3;1-2;;;;/h7-15,17H,16H2,1-6H3;4-11,13,21H,3,12H2,1-2H3,(H,29,30);6-7,9H,8H2,1-5H3;5-8H,1-4H3;1H2;1H3;1H4;2*1H;/q;;;;;;;;;+2/p-2. The average molecular weight is 2230 g/mol. The van der Waals surface area contributed by atoms with Gasteiger partial charge in [0.15, 0.2) is 5.78 Å². The zero-order valence-corrected chi connectivity index (χ0v) is 80.3. The molecule has 0 aliphatic carbocycles. The van der Waals surface area contributed by atoms with Crippen molar-refractivity contribution in [3.63, 3.8) is 0 Å². The molecule has 0 saturated heterocycles. The molecule has 9 rings (SSSR count). The summed E-state index contributed by atoms with van der Waals surface area (Å²) in [6.07, 6.45) is 9.07. The summed E-state index contributed by atoms with van der Waals surface area (Å²) in [5, 5.41) is 10.7. The van der Waals surface area contributed by atoms with Crippen molar-refractivity contribution in [3.8, 4) is 28.0 Å². The number of methoxy groups -OCH3 is 1. The maximum absolute atomic E-state index is 13.5. The van der Waals surface area contributed by atoms with Crippen LogP contribution in [0.1, 0.15) is 170 Å². The number of carbonyl (C=O) groups excluding carboxylic acids is 1. The number of pyridine rings is 4. The Bertz CT molecular complexity index is 4710. The minimum absolute atomic E-state index is 0. The van der Waals surface area contributed by atoms with E-state index in [4.69, 9.17) is 32.9 Å². The Hall–Kier alpha value is -3.30. The van der Waals surface area contributed by atoms with E-state index in [1.165, 1.54) is 39.1 Å². The topological polar surface area (TPSA) is 228 Å². The fraction of sp³-hybridized carbons (Fsp3) is 0.385. The molecule has 4 aromatic heterocycles. The second-order valence-electron chi connectivity index (χ2n) is 27.0. The third kappa shape index (κ3) is 31.2. The SMILES string of the molecule is C.CC(CS(=O)C(C)(C)C)c1cc(=O)n(C)cc1Br.CCc1ccc2c(c1)C(c1ccc(Cl)cc1)=NC(CC(=O)O)c1cc(=O)n(C)cc1-2.CI.COc1ccc(-c2cn(C)c(=O)cc2C(C)CS(=O)C(C)(C)C)c(C(=O)c2ccc(Cl)cc2)c1.Cn1ccc(C=NS(=O)C(C)(C)C)cc1=O.ICI.[I][V][I]. The van der Waals surface area contributed by atoms with Gasteiger partial charge in [0.25, 0.3) is 22.2 Å². The summed E-state index contributed by atoms with van der Waals surface area (Å²) >= 11 is 27.0. The Morgan fingerprint density at radius 1 is 0.645 bits per heavy atom. The number of aliphatic imine (C=N–C) groups is 1. The van der Waals surface area contributed by atoms with E-state index in [2.05, 4.69) is 147 Å². The van der Waals surface area contributed by atoms with Gasteiger partial charge in [-0.1, -0.05) is 143 Å². The van der Waals surface area contributed by atoms with Crippen LogP contribution in [0.5, 0.6) is 5.75 Å². The number of halogens is 8. The van der Waals surface area contributed by atoms with Crippen molar-refractivity contribution < 1.29 is 41.5 Å². The van der Waals surface area contributed by atoms with E-state index in [0.29, 0.717) is 70.3 Å². The van der Waals surface area contributed by atoms with E-state index in [1.54, 1.807) is 127 Å². The molecule has 0 radical (unpaired) electrons. The molecule has 0 saturated carbocycles. The van der Waals surface area contributed by atoms with Crippen molar-refractivity contribution >= 4 is 203 Å². The molecule has 0 amide bonds. The Labute approximate surface area is 726 Å². The van der Waals surface area contributed by atoms with Crippen LogP contribution in [-0.2, 0) is 81.5 Å². The van der Waals surface area contributed by atoms with E-state index in [0.717, 1.165) is 55.4 Å². The first-order valence-corrected chi connectivity index (χ1v) is 52.3. The zero-order chi connectivity index (χ0) is 80.5. The van der Waals surface area contributed by atoms with Crippen LogP contribution in [0.15, 0.2) is 173 Å². The average Bonchev–Trinajstić information content (AvgIpc) is 1.74. The van der Waals surface area contributed by atoms with Crippen molar-refractivity contribution in [2.45, 2.75) is 135 Å². The number of ether oxygens (including phenoxy) is 1. The fourth-order valence-corrected chi connectivity index (χ4v) is 13.8. The van der Waals surface area contributed by atoms with Gasteiger partial charge >= 0.3 is 55.4 Å². The first-order valence-electron chi connectivity index (χ1n) is 32.8. The van der Waals surface area contributed by atoms with Gasteiger partial charge in [-0.25, -0.2) is 4.21 Å². The van der Waals surface area contributed by atoms with Crippen LogP contribution in [0.4, 0.5) is 0 Å². The minimum atomic E-state index is -1.29. The van der Waals surface area contributed by atoms with Crippen molar-refractivity contribution in [1.29, 1.82) is 0 Å². The van der Waals surface area contributed by atoms with Crippen LogP contribution in [0.2, 0.25) is 10.0 Å². The molecular formula is C78H96BrCl2I5N6O11S3V. The van der Waals surface area contributed by atoms with Crippen molar-refractivity contribution in [2.24, 2.45) is 37.6 Å². The van der Waals surface area contributed by atoms with Gasteiger partial charge in [-0.15, -0.1) is 0 Å². The van der Waals surface area contributed by atoms with Gasteiger partial charge in [0.2, 0.25) is 0 Å². The van der Waals surface area contributed by atoms with Crippen molar-refractivity contribution in [2.75, 3.05) is 26.0 Å². The summed E-state index contributed by atoms with van der Waals surface area (Å²) in [6, 6.07) is 32.9. The zero-order valence-electron chi connectivity index (χ0n) is 62.5. The number of aryl methyl sites for hydroxylation is 5. The molecule has 4 aromatic carbocycles. The van der Waals surface area contributed by atoms with Gasteiger partial charge in [-0.3, -0.25) is 42.2 Å². The molecule has 107 heavy (non-hydrogen) atoms. The molecule has 583 valence electrons. The Kier molecular flexibility index (Phi) is 44.2. The number of fused-ring (bicyclic) bond motifs is 3. The summed E-state index contributed by atoms with van der Waals surface area (Å²) in [5.74, 6) is 0.296. The normalized spacial score (nSPS) is 13.6. The fourth-order valence-electron chi connectivity index (χ4n) is 9.98. The molecule has 1 N–H and O–H groups in total. The van der Waals surface area contributed by atoms with E-state index >= 15 is 0 Å². The molecule has 0 spiro atoms. The number of ketones is 1. The van der Waals surface area contributed by atoms with Gasteiger partial charge in [0, 0.05) is 180 Å². The van der Waals surface area contributed by atoms with Gasteiger partial charge in [-0.05, 0) is 202 Å². The van der Waals surface area contributed by atoms with Crippen molar-refractivity contribution in [3.05, 3.63) is 246 Å². The number of rotatable bonds is 16. The number of aromatic nitrogens is 4. The molecule has 1 aliphatic rings.